The van der Waals surface area contributed by atoms with Gasteiger partial charge in [0.2, 0.25) is 0 Å². The van der Waals surface area contributed by atoms with Crippen LogP contribution in [-0.2, 0) is 15.9 Å². The molecule has 0 aromatic heterocycles. The highest BCUT2D eigenvalue weighted by Gasteiger charge is 2.01. The number of carbonyl (C=O) groups excluding carboxylic acids is 1. The summed E-state index contributed by atoms with van der Waals surface area (Å²) < 4.78 is 9.49. The molecule has 0 aliphatic rings. The molecule has 0 saturated heterocycles. The monoisotopic (exact) mass is 206 g/mol. The molecule has 0 bridgehead atoms. The van der Waals surface area contributed by atoms with E-state index in [1.807, 2.05) is 30.3 Å². The van der Waals surface area contributed by atoms with E-state index in [1.165, 1.54) is 6.08 Å². The van der Waals surface area contributed by atoms with Gasteiger partial charge in [-0.3, -0.25) is 0 Å². The summed E-state index contributed by atoms with van der Waals surface area (Å²) in [5, 5.41) is 0. The van der Waals surface area contributed by atoms with Gasteiger partial charge in [0.15, 0.2) is 0 Å². The van der Waals surface area contributed by atoms with Crippen molar-refractivity contribution in [2.45, 2.75) is 6.42 Å². The molecule has 0 heterocycles. The van der Waals surface area contributed by atoms with Gasteiger partial charge in [0.25, 0.3) is 0 Å². The normalized spacial score (nSPS) is 9.33. The van der Waals surface area contributed by atoms with E-state index in [1.54, 1.807) is 0 Å². The minimum absolute atomic E-state index is 0.185. The minimum atomic E-state index is -0.647. The molecule has 0 N–H and O–H groups in total. The first-order valence-corrected chi connectivity index (χ1v) is 4.77. The lowest BCUT2D eigenvalue weighted by molar-refractivity contribution is 0.0642. The van der Waals surface area contributed by atoms with Gasteiger partial charge in [-0.15, -0.1) is 0 Å². The van der Waals surface area contributed by atoms with E-state index >= 15 is 0 Å². The van der Waals surface area contributed by atoms with Crippen molar-refractivity contribution < 1.29 is 14.3 Å². The number of hydrogen-bond acceptors (Lipinski definition) is 3. The first-order valence-electron chi connectivity index (χ1n) is 4.77. The zero-order valence-corrected chi connectivity index (χ0v) is 8.52. The third-order valence-electron chi connectivity index (χ3n) is 1.77. The molecule has 0 unspecified atom stereocenters. The maximum atomic E-state index is 10.9. The van der Waals surface area contributed by atoms with Crippen LogP contribution in [0.1, 0.15) is 5.56 Å². The van der Waals surface area contributed by atoms with E-state index < -0.39 is 6.16 Å². The highest BCUT2D eigenvalue weighted by atomic mass is 16.7. The van der Waals surface area contributed by atoms with Crippen LogP contribution in [0.15, 0.2) is 43.0 Å². The molecule has 1 aromatic carbocycles. The summed E-state index contributed by atoms with van der Waals surface area (Å²) in [7, 11) is 0. The zero-order valence-electron chi connectivity index (χ0n) is 8.52. The molecular weight excluding hydrogens is 192 g/mol. The van der Waals surface area contributed by atoms with E-state index in [-0.39, 0.29) is 6.61 Å². The average molecular weight is 206 g/mol. The summed E-state index contributed by atoms with van der Waals surface area (Å²) in [6.45, 7) is 3.95. The Hall–Kier alpha value is -1.77. The topological polar surface area (TPSA) is 35.5 Å². The lowest BCUT2D eigenvalue weighted by Crippen LogP contribution is -2.09. The molecule has 0 atom stereocenters. The Morgan fingerprint density at radius 3 is 2.67 bits per heavy atom. The van der Waals surface area contributed by atoms with Gasteiger partial charge in [0, 0.05) is 6.42 Å². The SMILES string of the molecule is C=CCOC(=O)OCCc1ccccc1. The number of benzene rings is 1. The summed E-state index contributed by atoms with van der Waals surface area (Å²) in [6.07, 6.45) is 1.55. The molecule has 0 saturated carbocycles. The smallest absolute Gasteiger partial charge is 0.434 e. The lowest BCUT2D eigenvalue weighted by atomic mass is 10.2. The first-order chi connectivity index (χ1) is 7.33. The molecule has 1 rings (SSSR count). The Labute approximate surface area is 89.3 Å². The lowest BCUT2D eigenvalue weighted by Gasteiger charge is -2.04. The molecule has 0 amide bonds. The molecule has 15 heavy (non-hydrogen) atoms. The Kier molecular flexibility index (Phi) is 5.01. The van der Waals surface area contributed by atoms with Gasteiger partial charge in [-0.2, -0.15) is 0 Å². The Morgan fingerprint density at radius 2 is 2.00 bits per heavy atom. The largest absolute Gasteiger partial charge is 0.508 e. The number of ether oxygens (including phenoxy) is 2. The number of hydrogen-bond donors (Lipinski definition) is 0. The zero-order chi connectivity index (χ0) is 10.9. The highest BCUT2D eigenvalue weighted by Crippen LogP contribution is 2.00. The molecule has 3 heteroatoms. The van der Waals surface area contributed by atoms with Gasteiger partial charge < -0.3 is 9.47 Å². The van der Waals surface area contributed by atoms with Crippen LogP contribution >= 0.6 is 0 Å². The van der Waals surface area contributed by atoms with E-state index in [0.717, 1.165) is 5.56 Å². The van der Waals surface area contributed by atoms with Crippen LogP contribution in [0.25, 0.3) is 0 Å². The van der Waals surface area contributed by atoms with E-state index in [4.69, 9.17) is 4.74 Å². The van der Waals surface area contributed by atoms with E-state index in [2.05, 4.69) is 11.3 Å². The predicted molar refractivity (Wildman–Crippen MR) is 57.6 cm³/mol. The molecule has 0 aliphatic carbocycles. The second-order valence-electron chi connectivity index (χ2n) is 2.93. The highest BCUT2D eigenvalue weighted by molar-refractivity contribution is 5.59. The van der Waals surface area contributed by atoms with Crippen molar-refractivity contribution in [1.82, 2.24) is 0 Å². The summed E-state index contributed by atoms with van der Waals surface area (Å²) in [5.41, 5.74) is 1.13. The molecule has 0 radical (unpaired) electrons. The third-order valence-corrected chi connectivity index (χ3v) is 1.77. The fraction of sp³-hybridized carbons (Fsp3) is 0.250. The molecule has 3 nitrogen and oxygen atoms in total. The van der Waals surface area contributed by atoms with Crippen LogP contribution in [-0.4, -0.2) is 19.4 Å². The fourth-order valence-corrected chi connectivity index (χ4v) is 1.07. The van der Waals surface area contributed by atoms with Gasteiger partial charge in [-0.05, 0) is 5.56 Å². The molecule has 0 spiro atoms. The van der Waals surface area contributed by atoms with Crippen LogP contribution in [0.4, 0.5) is 4.79 Å². The fourth-order valence-electron chi connectivity index (χ4n) is 1.07. The van der Waals surface area contributed by atoms with Crippen LogP contribution in [0.2, 0.25) is 0 Å². The van der Waals surface area contributed by atoms with Gasteiger partial charge in [-0.25, -0.2) is 4.79 Å². The second-order valence-corrected chi connectivity index (χ2v) is 2.93. The second kappa shape index (κ2) is 6.65. The van der Waals surface area contributed by atoms with Gasteiger partial charge in [0.05, 0.1) is 6.61 Å². The maximum absolute atomic E-state index is 10.9. The van der Waals surface area contributed by atoms with Gasteiger partial charge >= 0.3 is 6.16 Å². The quantitative estimate of drug-likeness (QED) is 0.548. The molecule has 1 aromatic rings. The molecule has 0 aliphatic heterocycles. The number of carbonyl (C=O) groups is 1. The van der Waals surface area contributed by atoms with Crippen molar-refractivity contribution in [1.29, 1.82) is 0 Å². The summed E-state index contributed by atoms with van der Waals surface area (Å²) in [5.74, 6) is 0. The predicted octanol–water partition coefficient (Wildman–Crippen LogP) is 2.57. The standard InChI is InChI=1S/C12H14O3/c1-2-9-14-12(13)15-10-8-11-6-4-3-5-7-11/h2-7H,1,8-10H2. The first kappa shape index (κ1) is 11.3. The average Bonchev–Trinajstić information content (AvgIpc) is 2.28. The number of rotatable bonds is 5. The van der Waals surface area contributed by atoms with Gasteiger partial charge in [-0.1, -0.05) is 43.0 Å². The maximum Gasteiger partial charge on any atom is 0.508 e. The Morgan fingerprint density at radius 1 is 1.27 bits per heavy atom. The molecule has 80 valence electrons. The van der Waals surface area contributed by atoms with Crippen LogP contribution < -0.4 is 0 Å². The summed E-state index contributed by atoms with van der Waals surface area (Å²) in [4.78, 5) is 10.9. The summed E-state index contributed by atoms with van der Waals surface area (Å²) >= 11 is 0. The third kappa shape index (κ3) is 4.86. The minimum Gasteiger partial charge on any atom is -0.434 e. The van der Waals surface area contributed by atoms with Crippen molar-refractivity contribution in [3.8, 4) is 0 Å². The van der Waals surface area contributed by atoms with Crippen molar-refractivity contribution >= 4 is 6.16 Å². The van der Waals surface area contributed by atoms with E-state index in [9.17, 15) is 4.79 Å². The van der Waals surface area contributed by atoms with Gasteiger partial charge in [0.1, 0.15) is 6.61 Å². The summed E-state index contributed by atoms with van der Waals surface area (Å²) in [6, 6.07) is 9.82. The van der Waals surface area contributed by atoms with Crippen molar-refractivity contribution in [2.75, 3.05) is 13.2 Å². The van der Waals surface area contributed by atoms with E-state index in [0.29, 0.717) is 13.0 Å². The van der Waals surface area contributed by atoms with Crippen LogP contribution in [0.5, 0.6) is 0 Å². The van der Waals surface area contributed by atoms with Crippen LogP contribution in [0.3, 0.4) is 0 Å². The Balaban J connectivity index is 2.16. The van der Waals surface area contributed by atoms with Crippen molar-refractivity contribution in [3.05, 3.63) is 48.6 Å². The van der Waals surface area contributed by atoms with Crippen molar-refractivity contribution in [3.63, 3.8) is 0 Å². The molecule has 0 fully saturated rings. The van der Waals surface area contributed by atoms with Crippen LogP contribution in [0, 0.1) is 0 Å². The Bertz CT molecular complexity index is 306. The molecular formula is C12H14O3. The van der Waals surface area contributed by atoms with Crippen molar-refractivity contribution in [2.24, 2.45) is 0 Å².